The van der Waals surface area contributed by atoms with Crippen LogP contribution in [-0.2, 0) is 19.0 Å². The summed E-state index contributed by atoms with van der Waals surface area (Å²) in [5.74, 6) is 6.62. The molecule has 6 heteroatoms. The molecule has 148 valence electrons. The van der Waals surface area contributed by atoms with Gasteiger partial charge in [0, 0.05) is 23.3 Å². The first-order valence-corrected chi connectivity index (χ1v) is 9.99. The van der Waals surface area contributed by atoms with Crippen molar-refractivity contribution < 1.29 is 19.0 Å². The minimum absolute atomic E-state index is 0.0991. The number of nitrogens with zero attached hydrogens (tertiary/aromatic N) is 2. The zero-order valence-electron chi connectivity index (χ0n) is 16.2. The predicted molar refractivity (Wildman–Crippen MR) is 105 cm³/mol. The van der Waals surface area contributed by atoms with Gasteiger partial charge < -0.3 is 19.0 Å². The lowest BCUT2D eigenvalue weighted by Crippen LogP contribution is -2.23. The van der Waals surface area contributed by atoms with E-state index in [1.54, 1.807) is 0 Å². The number of benzene rings is 1. The largest absolute Gasteiger partial charge is 0.366 e. The summed E-state index contributed by atoms with van der Waals surface area (Å²) in [6.45, 7) is 3.39. The van der Waals surface area contributed by atoms with E-state index in [0.717, 1.165) is 60.6 Å². The summed E-state index contributed by atoms with van der Waals surface area (Å²) < 4.78 is 18.8. The van der Waals surface area contributed by atoms with Crippen LogP contribution in [0.3, 0.4) is 0 Å². The van der Waals surface area contributed by atoms with Gasteiger partial charge in [-0.2, -0.15) is 5.10 Å². The summed E-state index contributed by atoms with van der Waals surface area (Å²) in [6, 6.07) is 6.08. The molecule has 1 aliphatic heterocycles. The van der Waals surface area contributed by atoms with Gasteiger partial charge in [-0.1, -0.05) is 17.9 Å². The van der Waals surface area contributed by atoms with Gasteiger partial charge in [0.1, 0.15) is 19.7 Å². The van der Waals surface area contributed by atoms with Crippen LogP contribution in [0.2, 0.25) is 0 Å². The topological polar surface area (TPSA) is 62.6 Å². The molecular formula is C22H26N2O4. The molecule has 6 nitrogen and oxygen atoms in total. The number of rotatable bonds is 4. The van der Waals surface area contributed by atoms with Gasteiger partial charge in [-0.25, -0.2) is 4.68 Å². The third-order valence-electron chi connectivity index (χ3n) is 5.56. The minimum atomic E-state index is -0.0991. The summed E-state index contributed by atoms with van der Waals surface area (Å²) in [5, 5.41) is 5.77. The van der Waals surface area contributed by atoms with Crippen molar-refractivity contribution in [2.75, 3.05) is 20.0 Å². The highest BCUT2D eigenvalue weighted by molar-refractivity contribution is 5.88. The summed E-state index contributed by atoms with van der Waals surface area (Å²) in [4.78, 5) is 10.8. The monoisotopic (exact) mass is 382 g/mol. The third-order valence-corrected chi connectivity index (χ3v) is 5.56. The van der Waals surface area contributed by atoms with Gasteiger partial charge in [0.15, 0.2) is 6.23 Å². The van der Waals surface area contributed by atoms with E-state index in [4.69, 9.17) is 19.3 Å². The Morgan fingerprint density at radius 2 is 2.14 bits per heavy atom. The van der Waals surface area contributed by atoms with Crippen LogP contribution in [0.1, 0.15) is 49.6 Å². The number of hydrogen-bond donors (Lipinski definition) is 0. The minimum Gasteiger partial charge on any atom is -0.366 e. The van der Waals surface area contributed by atoms with E-state index < -0.39 is 0 Å². The van der Waals surface area contributed by atoms with E-state index in [1.807, 2.05) is 23.7 Å². The number of fused-ring (bicyclic) bond motifs is 1. The second-order valence-electron chi connectivity index (χ2n) is 7.45. The van der Waals surface area contributed by atoms with E-state index in [1.165, 1.54) is 0 Å². The van der Waals surface area contributed by atoms with E-state index in [2.05, 4.69) is 17.9 Å². The van der Waals surface area contributed by atoms with Gasteiger partial charge in [0.25, 0.3) is 0 Å². The third kappa shape index (κ3) is 4.12. The fraction of sp³-hybridized carbons (Fsp3) is 0.545. The number of carbonyl (C=O) groups is 1. The van der Waals surface area contributed by atoms with E-state index >= 15 is 0 Å². The molecule has 0 spiro atoms. The smallest absolute Gasteiger partial charge is 0.155 e. The lowest BCUT2D eigenvalue weighted by Gasteiger charge is -2.24. The van der Waals surface area contributed by atoms with Gasteiger partial charge in [-0.05, 0) is 44.7 Å². The molecule has 2 heterocycles. The number of hydrogen-bond acceptors (Lipinski definition) is 5. The first-order chi connectivity index (χ1) is 13.8. The Kier molecular flexibility index (Phi) is 6.06. The molecule has 1 aliphatic carbocycles. The van der Waals surface area contributed by atoms with Crippen molar-refractivity contribution in [3.05, 3.63) is 29.5 Å². The summed E-state index contributed by atoms with van der Waals surface area (Å²) >= 11 is 0. The normalized spacial score (nSPS) is 25.2. The SMILES string of the molecule is Cc1nn(C2CCOCO2)c2cccc(C#CCOC3CCC(C=O)CC3)c12. The molecule has 1 saturated carbocycles. The zero-order valence-corrected chi connectivity index (χ0v) is 16.2. The Labute approximate surface area is 165 Å². The highest BCUT2D eigenvalue weighted by Crippen LogP contribution is 2.28. The maximum absolute atomic E-state index is 10.8. The van der Waals surface area contributed by atoms with Crippen molar-refractivity contribution in [2.45, 2.75) is 51.4 Å². The van der Waals surface area contributed by atoms with E-state index in [0.29, 0.717) is 20.0 Å². The molecule has 2 fully saturated rings. The quantitative estimate of drug-likeness (QED) is 0.599. The summed E-state index contributed by atoms with van der Waals surface area (Å²) in [7, 11) is 0. The van der Waals surface area contributed by atoms with Crippen molar-refractivity contribution in [1.29, 1.82) is 0 Å². The van der Waals surface area contributed by atoms with Gasteiger partial charge in [0.05, 0.1) is 23.9 Å². The highest BCUT2D eigenvalue weighted by atomic mass is 16.7. The molecule has 1 aromatic carbocycles. The van der Waals surface area contributed by atoms with Crippen LogP contribution in [0.5, 0.6) is 0 Å². The molecule has 0 bridgehead atoms. The molecule has 0 amide bonds. The summed E-state index contributed by atoms with van der Waals surface area (Å²) in [5.41, 5.74) is 2.94. The van der Waals surface area contributed by atoms with Crippen LogP contribution in [-0.4, -0.2) is 42.2 Å². The Bertz CT molecular complexity index is 881. The molecule has 1 atom stereocenters. The van der Waals surface area contributed by atoms with E-state index in [-0.39, 0.29) is 18.2 Å². The molecule has 1 unspecified atom stereocenters. The Morgan fingerprint density at radius 1 is 1.29 bits per heavy atom. The van der Waals surface area contributed by atoms with Crippen molar-refractivity contribution in [1.82, 2.24) is 9.78 Å². The molecule has 1 saturated heterocycles. The van der Waals surface area contributed by atoms with Crippen LogP contribution < -0.4 is 0 Å². The first kappa shape index (κ1) is 19.1. The fourth-order valence-electron chi connectivity index (χ4n) is 4.03. The zero-order chi connectivity index (χ0) is 19.3. The molecule has 28 heavy (non-hydrogen) atoms. The number of ether oxygens (including phenoxy) is 3. The molecule has 0 radical (unpaired) electrons. The van der Waals surface area contributed by atoms with Crippen molar-refractivity contribution in [3.63, 3.8) is 0 Å². The number of carbonyl (C=O) groups excluding carboxylic acids is 1. The van der Waals surface area contributed by atoms with Crippen LogP contribution in [0.15, 0.2) is 18.2 Å². The summed E-state index contributed by atoms with van der Waals surface area (Å²) in [6.07, 6.45) is 5.71. The van der Waals surface area contributed by atoms with Gasteiger partial charge in [-0.3, -0.25) is 0 Å². The average Bonchev–Trinajstić information content (AvgIpc) is 3.10. The Balaban J connectivity index is 1.45. The standard InChI is InChI=1S/C22H26N2O4/c1-16-22-18(5-3-12-27-19-9-7-17(14-25)8-10-19)4-2-6-20(22)24(23-16)21-11-13-26-15-28-21/h2,4,6,14,17,19,21H,7-13,15H2,1H3. The lowest BCUT2D eigenvalue weighted by atomic mass is 9.88. The van der Waals surface area contributed by atoms with Gasteiger partial charge in [-0.15, -0.1) is 0 Å². The highest BCUT2D eigenvalue weighted by Gasteiger charge is 2.22. The van der Waals surface area contributed by atoms with Crippen molar-refractivity contribution in [3.8, 4) is 11.8 Å². The molecule has 2 aliphatic rings. The number of aryl methyl sites for hydroxylation is 1. The van der Waals surface area contributed by atoms with Crippen LogP contribution >= 0.6 is 0 Å². The van der Waals surface area contributed by atoms with Crippen LogP contribution in [0, 0.1) is 24.7 Å². The maximum atomic E-state index is 10.8. The Morgan fingerprint density at radius 3 is 2.89 bits per heavy atom. The average molecular weight is 382 g/mol. The number of aldehydes is 1. The fourth-order valence-corrected chi connectivity index (χ4v) is 4.03. The maximum Gasteiger partial charge on any atom is 0.155 e. The first-order valence-electron chi connectivity index (χ1n) is 9.99. The van der Waals surface area contributed by atoms with Crippen molar-refractivity contribution in [2.24, 2.45) is 5.92 Å². The van der Waals surface area contributed by atoms with Crippen LogP contribution in [0.25, 0.3) is 10.9 Å². The second kappa shape index (κ2) is 8.87. The van der Waals surface area contributed by atoms with Crippen molar-refractivity contribution >= 4 is 17.2 Å². The molecule has 1 aromatic heterocycles. The Hall–Kier alpha value is -2.20. The van der Waals surface area contributed by atoms with Gasteiger partial charge >= 0.3 is 0 Å². The lowest BCUT2D eigenvalue weighted by molar-refractivity contribution is -0.168. The molecule has 0 N–H and O–H groups in total. The number of aromatic nitrogens is 2. The predicted octanol–water partition coefficient (Wildman–Crippen LogP) is 3.36. The van der Waals surface area contributed by atoms with Gasteiger partial charge in [0.2, 0.25) is 0 Å². The molecular weight excluding hydrogens is 356 g/mol. The molecule has 4 rings (SSSR count). The molecule has 2 aromatic rings. The van der Waals surface area contributed by atoms with Crippen LogP contribution in [0.4, 0.5) is 0 Å². The van der Waals surface area contributed by atoms with E-state index in [9.17, 15) is 4.79 Å². The second-order valence-corrected chi connectivity index (χ2v) is 7.45.